The van der Waals surface area contributed by atoms with E-state index in [0.29, 0.717) is 30.9 Å². The Bertz CT molecular complexity index is 987. The van der Waals surface area contributed by atoms with E-state index in [9.17, 15) is 18.5 Å². The van der Waals surface area contributed by atoms with Crippen LogP contribution in [0.5, 0.6) is 11.5 Å². The number of nitrogens with zero attached hydrogens (tertiary/aromatic N) is 3. The molecule has 3 rings (SSSR count). The van der Waals surface area contributed by atoms with Gasteiger partial charge in [0.15, 0.2) is 0 Å². The van der Waals surface area contributed by atoms with E-state index >= 15 is 0 Å². The van der Waals surface area contributed by atoms with Gasteiger partial charge in [0.25, 0.3) is 5.69 Å². The first-order valence-corrected chi connectivity index (χ1v) is 10.5. The van der Waals surface area contributed by atoms with Gasteiger partial charge in [-0.05, 0) is 12.1 Å². The van der Waals surface area contributed by atoms with Gasteiger partial charge in [-0.2, -0.15) is 4.31 Å². The number of benzene rings is 2. The Morgan fingerprint density at radius 2 is 1.72 bits per heavy atom. The predicted molar refractivity (Wildman–Crippen MR) is 107 cm³/mol. The van der Waals surface area contributed by atoms with Crippen LogP contribution < -0.4 is 9.47 Å². The van der Waals surface area contributed by atoms with Crippen LogP contribution in [0, 0.1) is 10.1 Å². The first kappa shape index (κ1) is 21.0. The molecule has 0 unspecified atom stereocenters. The number of nitro groups is 1. The third-order valence-electron chi connectivity index (χ3n) is 4.90. The van der Waals surface area contributed by atoms with Crippen molar-refractivity contribution in [1.29, 1.82) is 0 Å². The molecule has 0 spiro atoms. The maximum atomic E-state index is 13.1. The van der Waals surface area contributed by atoms with Crippen LogP contribution in [0.15, 0.2) is 47.4 Å². The van der Waals surface area contributed by atoms with Crippen molar-refractivity contribution in [2.45, 2.75) is 11.4 Å². The maximum absolute atomic E-state index is 13.1. The van der Waals surface area contributed by atoms with Gasteiger partial charge in [-0.3, -0.25) is 15.0 Å². The zero-order valence-corrected chi connectivity index (χ0v) is 17.1. The second kappa shape index (κ2) is 8.76. The van der Waals surface area contributed by atoms with Gasteiger partial charge in [0.2, 0.25) is 10.0 Å². The highest BCUT2D eigenvalue weighted by Crippen LogP contribution is 2.31. The van der Waals surface area contributed by atoms with Crippen LogP contribution in [-0.2, 0) is 16.6 Å². The molecule has 10 heteroatoms. The summed E-state index contributed by atoms with van der Waals surface area (Å²) in [6.45, 7) is 1.90. The van der Waals surface area contributed by atoms with Gasteiger partial charge in [-0.25, -0.2) is 8.42 Å². The highest BCUT2D eigenvalue weighted by atomic mass is 32.2. The number of rotatable bonds is 7. The minimum atomic E-state index is -3.76. The summed E-state index contributed by atoms with van der Waals surface area (Å²) in [6.07, 6.45) is 0. The van der Waals surface area contributed by atoms with Crippen molar-refractivity contribution in [3.05, 3.63) is 58.1 Å². The lowest BCUT2D eigenvalue weighted by Crippen LogP contribution is -2.48. The highest BCUT2D eigenvalue weighted by molar-refractivity contribution is 7.89. The molecular weight excluding hydrogens is 398 g/mol. The summed E-state index contributed by atoms with van der Waals surface area (Å²) in [5.74, 6) is 0.688. The number of hydrogen-bond donors (Lipinski definition) is 0. The van der Waals surface area contributed by atoms with Crippen LogP contribution in [0.2, 0.25) is 0 Å². The molecule has 1 aliphatic rings. The fourth-order valence-corrected chi connectivity index (χ4v) is 4.91. The molecule has 0 amide bonds. The summed E-state index contributed by atoms with van der Waals surface area (Å²) < 4.78 is 38.0. The second-order valence-electron chi connectivity index (χ2n) is 6.58. The van der Waals surface area contributed by atoms with Crippen molar-refractivity contribution in [2.24, 2.45) is 0 Å². The van der Waals surface area contributed by atoms with Gasteiger partial charge in [0.05, 0.1) is 19.1 Å². The number of methoxy groups -OCH3 is 2. The van der Waals surface area contributed by atoms with Crippen LogP contribution in [0.25, 0.3) is 0 Å². The van der Waals surface area contributed by atoms with Crippen molar-refractivity contribution in [3.8, 4) is 11.5 Å². The molecule has 0 N–H and O–H groups in total. The van der Waals surface area contributed by atoms with Gasteiger partial charge in [-0.1, -0.05) is 18.2 Å². The zero-order valence-electron chi connectivity index (χ0n) is 16.3. The molecule has 0 saturated carbocycles. The van der Waals surface area contributed by atoms with E-state index in [4.69, 9.17) is 9.47 Å². The summed E-state index contributed by atoms with van der Waals surface area (Å²) >= 11 is 0. The van der Waals surface area contributed by atoms with E-state index in [2.05, 4.69) is 0 Å². The molecule has 9 nitrogen and oxygen atoms in total. The van der Waals surface area contributed by atoms with Crippen molar-refractivity contribution in [1.82, 2.24) is 9.21 Å². The third-order valence-corrected chi connectivity index (χ3v) is 6.82. The van der Waals surface area contributed by atoms with Gasteiger partial charge >= 0.3 is 0 Å². The number of sulfonamides is 1. The summed E-state index contributed by atoms with van der Waals surface area (Å²) in [5, 5.41) is 11.2. The highest BCUT2D eigenvalue weighted by Gasteiger charge is 2.31. The van der Waals surface area contributed by atoms with Crippen LogP contribution in [0.3, 0.4) is 0 Å². The molecule has 156 valence electrons. The average Bonchev–Trinajstić information content (AvgIpc) is 2.74. The molecule has 0 aromatic heterocycles. The summed E-state index contributed by atoms with van der Waals surface area (Å²) in [7, 11) is -0.868. The van der Waals surface area contributed by atoms with E-state index in [1.807, 2.05) is 4.90 Å². The van der Waals surface area contributed by atoms with Crippen molar-refractivity contribution >= 4 is 15.7 Å². The lowest BCUT2D eigenvalue weighted by atomic mass is 10.1. The van der Waals surface area contributed by atoms with E-state index in [-0.39, 0.29) is 29.4 Å². The number of para-hydroxylation sites is 1. The molecular formula is C19H23N3O6S. The Morgan fingerprint density at radius 1 is 1.03 bits per heavy atom. The van der Waals surface area contributed by atoms with Crippen molar-refractivity contribution < 1.29 is 22.8 Å². The quantitative estimate of drug-likeness (QED) is 0.498. The standard InChI is InChI=1S/C19H23N3O6S/c1-27-16-7-8-18(28-2)19(13-16)29(25,26)21-11-9-20(10-12-21)14-15-5-3-4-6-17(15)22(23)24/h3-8,13H,9-12,14H2,1-2H3. The summed E-state index contributed by atoms with van der Waals surface area (Å²) in [5.41, 5.74) is 0.687. The minimum absolute atomic E-state index is 0.0616. The Hall–Kier alpha value is -2.69. The largest absolute Gasteiger partial charge is 0.497 e. The smallest absolute Gasteiger partial charge is 0.273 e. The van der Waals surface area contributed by atoms with Crippen LogP contribution in [0.4, 0.5) is 5.69 Å². The molecule has 1 fully saturated rings. The van der Waals surface area contributed by atoms with E-state index in [0.717, 1.165) is 0 Å². The van der Waals surface area contributed by atoms with Gasteiger partial charge in [0, 0.05) is 50.4 Å². The van der Waals surface area contributed by atoms with E-state index < -0.39 is 14.9 Å². The molecule has 1 heterocycles. The molecule has 2 aromatic carbocycles. The Balaban J connectivity index is 1.73. The zero-order chi connectivity index (χ0) is 21.0. The molecule has 0 aliphatic carbocycles. The number of ether oxygens (including phenoxy) is 2. The molecule has 1 aliphatic heterocycles. The predicted octanol–water partition coefficient (Wildman–Crippen LogP) is 2.12. The monoisotopic (exact) mass is 421 g/mol. The lowest BCUT2D eigenvalue weighted by Gasteiger charge is -2.34. The number of piperazine rings is 1. The number of hydrogen-bond acceptors (Lipinski definition) is 7. The van der Waals surface area contributed by atoms with Gasteiger partial charge in [-0.15, -0.1) is 0 Å². The summed E-state index contributed by atoms with van der Waals surface area (Å²) in [6, 6.07) is 11.3. The number of nitro benzene ring substituents is 1. The Kier molecular flexibility index (Phi) is 6.36. The molecule has 2 aromatic rings. The van der Waals surface area contributed by atoms with E-state index in [1.54, 1.807) is 30.3 Å². The molecule has 0 radical (unpaired) electrons. The fraction of sp³-hybridized carbons (Fsp3) is 0.368. The van der Waals surface area contributed by atoms with Crippen LogP contribution in [0.1, 0.15) is 5.56 Å². The van der Waals surface area contributed by atoms with Gasteiger partial charge in [0.1, 0.15) is 16.4 Å². The van der Waals surface area contributed by atoms with E-state index in [1.165, 1.54) is 30.7 Å². The van der Waals surface area contributed by atoms with Crippen LogP contribution >= 0.6 is 0 Å². The average molecular weight is 421 g/mol. The minimum Gasteiger partial charge on any atom is -0.497 e. The first-order valence-electron chi connectivity index (χ1n) is 9.03. The topological polar surface area (TPSA) is 102 Å². The molecule has 0 atom stereocenters. The lowest BCUT2D eigenvalue weighted by molar-refractivity contribution is -0.385. The second-order valence-corrected chi connectivity index (χ2v) is 8.49. The summed E-state index contributed by atoms with van der Waals surface area (Å²) in [4.78, 5) is 12.9. The molecule has 0 bridgehead atoms. The Morgan fingerprint density at radius 3 is 2.34 bits per heavy atom. The third kappa shape index (κ3) is 4.50. The first-order chi connectivity index (χ1) is 13.9. The normalized spacial score (nSPS) is 15.8. The van der Waals surface area contributed by atoms with Crippen molar-refractivity contribution in [2.75, 3.05) is 40.4 Å². The van der Waals surface area contributed by atoms with Gasteiger partial charge < -0.3 is 9.47 Å². The SMILES string of the molecule is COc1ccc(OC)c(S(=O)(=O)N2CCN(Cc3ccccc3[N+](=O)[O-])CC2)c1. The Labute approximate surface area is 169 Å². The molecule has 1 saturated heterocycles. The van der Waals surface area contributed by atoms with Crippen molar-refractivity contribution in [3.63, 3.8) is 0 Å². The van der Waals surface area contributed by atoms with Crippen LogP contribution in [-0.4, -0.2) is 62.9 Å². The maximum Gasteiger partial charge on any atom is 0.273 e. The molecule has 29 heavy (non-hydrogen) atoms. The fourth-order valence-electron chi connectivity index (χ4n) is 3.32.